The van der Waals surface area contributed by atoms with Crippen LogP contribution in [0.4, 0.5) is 13.2 Å². The molecule has 0 heterocycles. The minimum absolute atomic E-state index is 0.0118. The first kappa shape index (κ1) is 23.7. The Morgan fingerprint density at radius 2 is 1.68 bits per heavy atom. The molecule has 0 amide bonds. The lowest BCUT2D eigenvalue weighted by Gasteiger charge is -2.28. The Kier molecular flexibility index (Phi) is 8.72. The fraction of sp³-hybridized carbons (Fsp3) is 0.524. The number of carbonyl (C=O) groups excluding carboxylic acids is 2. The highest BCUT2D eigenvalue weighted by atomic mass is 19.4. The quantitative estimate of drug-likeness (QED) is 0.421. The van der Waals surface area contributed by atoms with Gasteiger partial charge in [-0.3, -0.25) is 9.59 Å². The van der Waals surface area contributed by atoms with Gasteiger partial charge in [-0.15, -0.1) is 6.58 Å². The lowest BCUT2D eigenvalue weighted by atomic mass is 9.85. The third kappa shape index (κ3) is 9.06. The molecule has 0 N–H and O–H groups in total. The zero-order valence-corrected chi connectivity index (χ0v) is 16.4. The fourth-order valence-electron chi connectivity index (χ4n) is 2.62. The molecule has 28 heavy (non-hydrogen) atoms. The molecule has 0 saturated carbocycles. The van der Waals surface area contributed by atoms with Gasteiger partial charge >= 0.3 is 18.1 Å². The number of hydrogen-bond donors (Lipinski definition) is 0. The molecule has 0 saturated heterocycles. The highest BCUT2D eigenvalue weighted by Crippen LogP contribution is 2.31. The Hall–Kier alpha value is -2.31. The Morgan fingerprint density at radius 1 is 1.07 bits per heavy atom. The van der Waals surface area contributed by atoms with Crippen LogP contribution in [-0.4, -0.2) is 23.7 Å². The number of esters is 2. The van der Waals surface area contributed by atoms with Crippen molar-refractivity contribution in [3.05, 3.63) is 48.6 Å². The van der Waals surface area contributed by atoms with Gasteiger partial charge in [0.1, 0.15) is 12.2 Å². The summed E-state index contributed by atoms with van der Waals surface area (Å²) in [5.41, 5.74) is -0.137. The second kappa shape index (κ2) is 10.3. The third-order valence-electron chi connectivity index (χ3n) is 3.88. The second-order valence-corrected chi connectivity index (χ2v) is 7.52. The number of carbonyl (C=O) groups is 2. The highest BCUT2D eigenvalue weighted by Gasteiger charge is 2.39. The van der Waals surface area contributed by atoms with Gasteiger partial charge in [0.15, 0.2) is 0 Å². The van der Waals surface area contributed by atoms with Crippen molar-refractivity contribution in [1.82, 2.24) is 0 Å². The molecule has 2 atom stereocenters. The Labute approximate surface area is 163 Å². The molecule has 0 fully saturated rings. The van der Waals surface area contributed by atoms with E-state index in [1.165, 1.54) is 6.08 Å². The molecule has 0 aliphatic heterocycles. The van der Waals surface area contributed by atoms with E-state index in [2.05, 4.69) is 6.58 Å². The summed E-state index contributed by atoms with van der Waals surface area (Å²) in [6.07, 6.45) is -4.81. The van der Waals surface area contributed by atoms with Crippen LogP contribution < -0.4 is 0 Å². The Balaban J connectivity index is 2.99. The fourth-order valence-corrected chi connectivity index (χ4v) is 2.62. The van der Waals surface area contributed by atoms with Gasteiger partial charge in [0.05, 0.1) is 11.8 Å². The number of hydrogen-bond acceptors (Lipinski definition) is 4. The molecule has 7 heteroatoms. The molecule has 0 bridgehead atoms. The number of ether oxygens (including phenoxy) is 2. The van der Waals surface area contributed by atoms with Crippen molar-refractivity contribution in [1.29, 1.82) is 0 Å². The first-order valence-electron chi connectivity index (χ1n) is 9.04. The predicted octanol–water partition coefficient (Wildman–Crippen LogP) is 5.22. The van der Waals surface area contributed by atoms with Gasteiger partial charge < -0.3 is 9.47 Å². The Morgan fingerprint density at radius 3 is 2.18 bits per heavy atom. The summed E-state index contributed by atoms with van der Waals surface area (Å²) in [5, 5.41) is 0. The smallest absolute Gasteiger partial charge is 0.389 e. The van der Waals surface area contributed by atoms with Gasteiger partial charge in [-0.2, -0.15) is 13.2 Å². The molecule has 0 spiro atoms. The number of halogens is 3. The van der Waals surface area contributed by atoms with Crippen LogP contribution in [0.2, 0.25) is 0 Å². The zero-order valence-electron chi connectivity index (χ0n) is 16.4. The lowest BCUT2D eigenvalue weighted by Crippen LogP contribution is -2.36. The average molecular weight is 400 g/mol. The number of allylic oxidation sites excluding steroid dienone is 1. The van der Waals surface area contributed by atoms with Crippen LogP contribution in [-0.2, 0) is 25.7 Å². The maximum atomic E-state index is 12.8. The number of alkyl halides is 3. The molecule has 0 aliphatic rings. The summed E-state index contributed by atoms with van der Waals surface area (Å²) < 4.78 is 48.8. The van der Waals surface area contributed by atoms with Crippen molar-refractivity contribution in [3.63, 3.8) is 0 Å². The molecule has 4 nitrogen and oxygen atoms in total. The van der Waals surface area contributed by atoms with Crippen LogP contribution in [0.3, 0.4) is 0 Å². The largest absolute Gasteiger partial charge is 0.461 e. The van der Waals surface area contributed by atoms with E-state index in [0.29, 0.717) is 5.56 Å². The first-order valence-corrected chi connectivity index (χ1v) is 9.04. The average Bonchev–Trinajstić information content (AvgIpc) is 2.57. The normalized spacial score (nSPS) is 14.1. The van der Waals surface area contributed by atoms with Crippen molar-refractivity contribution in [2.75, 3.05) is 0 Å². The molecule has 0 radical (unpaired) electrons. The van der Waals surface area contributed by atoms with Crippen LogP contribution in [0.5, 0.6) is 0 Å². The van der Waals surface area contributed by atoms with E-state index in [-0.39, 0.29) is 13.0 Å². The molecule has 1 unspecified atom stereocenters. The van der Waals surface area contributed by atoms with Crippen LogP contribution in [0.15, 0.2) is 43.0 Å². The molecule has 1 rings (SSSR count). The zero-order chi connectivity index (χ0) is 21.4. The van der Waals surface area contributed by atoms with E-state index in [4.69, 9.17) is 9.47 Å². The number of rotatable bonds is 9. The minimum Gasteiger partial charge on any atom is -0.461 e. The van der Waals surface area contributed by atoms with Gasteiger partial charge in [0.2, 0.25) is 0 Å². The summed E-state index contributed by atoms with van der Waals surface area (Å²) in [6, 6.07) is 8.76. The standard InChI is InChI=1S/C21H27F3O4/c1-5-9-16(19(26)28-20(2,3)4)17(12-13-21(22,23)24)18(25)27-14-15-10-7-6-8-11-15/h5-8,10-11,16-17H,1,9,12-14H2,2-4H3/t16?,17-/m1/s1. The topological polar surface area (TPSA) is 52.6 Å². The van der Waals surface area contributed by atoms with Gasteiger partial charge in [-0.1, -0.05) is 36.4 Å². The van der Waals surface area contributed by atoms with Crippen LogP contribution in [0.1, 0.15) is 45.6 Å². The van der Waals surface area contributed by atoms with Crippen molar-refractivity contribution in [2.45, 2.75) is 58.4 Å². The highest BCUT2D eigenvalue weighted by molar-refractivity contribution is 5.82. The Bertz CT molecular complexity index is 648. The van der Waals surface area contributed by atoms with Crippen molar-refractivity contribution >= 4 is 11.9 Å². The van der Waals surface area contributed by atoms with Gasteiger partial charge in [-0.25, -0.2) is 0 Å². The molecule has 1 aromatic rings. The van der Waals surface area contributed by atoms with Crippen molar-refractivity contribution in [3.8, 4) is 0 Å². The van der Waals surface area contributed by atoms with Crippen LogP contribution in [0.25, 0.3) is 0 Å². The maximum Gasteiger partial charge on any atom is 0.389 e. The lowest BCUT2D eigenvalue weighted by molar-refractivity contribution is -0.172. The molecular weight excluding hydrogens is 373 g/mol. The molecule has 0 aliphatic carbocycles. The molecule has 156 valence electrons. The van der Waals surface area contributed by atoms with E-state index in [9.17, 15) is 22.8 Å². The second-order valence-electron chi connectivity index (χ2n) is 7.52. The van der Waals surface area contributed by atoms with Crippen LogP contribution >= 0.6 is 0 Å². The number of benzene rings is 1. The maximum absolute atomic E-state index is 12.8. The first-order chi connectivity index (χ1) is 12.9. The van der Waals surface area contributed by atoms with E-state index in [1.54, 1.807) is 51.1 Å². The van der Waals surface area contributed by atoms with Gasteiger partial charge in [0.25, 0.3) is 0 Å². The minimum atomic E-state index is -4.45. The SMILES string of the molecule is C=CCC(C(=O)OC(C)(C)C)[C@@H](CCC(F)(F)F)C(=O)OCc1ccccc1. The van der Waals surface area contributed by atoms with E-state index < -0.39 is 48.4 Å². The molecule has 1 aromatic carbocycles. The molecular formula is C21H27F3O4. The summed E-state index contributed by atoms with van der Waals surface area (Å²) in [4.78, 5) is 25.1. The summed E-state index contributed by atoms with van der Waals surface area (Å²) in [6.45, 7) is 8.40. The summed E-state index contributed by atoms with van der Waals surface area (Å²) in [7, 11) is 0. The third-order valence-corrected chi connectivity index (χ3v) is 3.88. The van der Waals surface area contributed by atoms with Gasteiger partial charge in [0, 0.05) is 6.42 Å². The van der Waals surface area contributed by atoms with Gasteiger partial charge in [-0.05, 0) is 39.2 Å². The summed E-state index contributed by atoms with van der Waals surface area (Å²) >= 11 is 0. The monoisotopic (exact) mass is 400 g/mol. The van der Waals surface area contributed by atoms with Crippen molar-refractivity contribution in [2.24, 2.45) is 11.8 Å². The van der Waals surface area contributed by atoms with Crippen LogP contribution in [0, 0.1) is 11.8 Å². The molecule has 0 aromatic heterocycles. The summed E-state index contributed by atoms with van der Waals surface area (Å²) in [5.74, 6) is -3.97. The predicted molar refractivity (Wildman–Crippen MR) is 99.2 cm³/mol. The van der Waals surface area contributed by atoms with E-state index in [0.717, 1.165) is 0 Å². The van der Waals surface area contributed by atoms with Crippen molar-refractivity contribution < 1.29 is 32.2 Å². The van der Waals surface area contributed by atoms with E-state index >= 15 is 0 Å². The van der Waals surface area contributed by atoms with E-state index in [1.807, 2.05) is 0 Å².